The minimum atomic E-state index is -1.57. The first-order valence-electron chi connectivity index (χ1n) is 13.1. The first-order valence-corrected chi connectivity index (χ1v) is 14.4. The second-order valence-corrected chi connectivity index (χ2v) is 11.6. The molecule has 0 spiro atoms. The summed E-state index contributed by atoms with van der Waals surface area (Å²) in [6.07, 6.45) is 4.36. The maximum absolute atomic E-state index is 14.8. The molecule has 2 aromatic rings. The molecule has 1 aromatic heterocycles. The second kappa shape index (κ2) is 10.3. The molecule has 1 amide bonds. The molecule has 3 fully saturated rings. The number of hydrogen-bond acceptors (Lipinski definition) is 6. The lowest BCUT2D eigenvalue weighted by Crippen LogP contribution is -2.41. The van der Waals surface area contributed by atoms with Crippen LogP contribution in [0.1, 0.15) is 47.8 Å². The number of halogens is 1. The molecule has 4 aliphatic heterocycles. The summed E-state index contributed by atoms with van der Waals surface area (Å²) in [5.74, 6) is 0.210. The summed E-state index contributed by atoms with van der Waals surface area (Å²) in [6, 6.07) is 4.90. The molecule has 2 atom stereocenters. The lowest BCUT2D eigenvalue weighted by molar-refractivity contribution is 0.0297. The molecule has 0 N–H and O–H groups in total. The molecule has 8 nitrogen and oxygen atoms in total. The fraction of sp³-hybridized carbons (Fsp3) is 0.615. The quantitative estimate of drug-likeness (QED) is 0.609. The van der Waals surface area contributed by atoms with Crippen LogP contribution in [0.25, 0.3) is 11.3 Å². The van der Waals surface area contributed by atoms with Gasteiger partial charge in [0.2, 0.25) is 0 Å². The van der Waals surface area contributed by atoms with Gasteiger partial charge in [-0.3, -0.25) is 13.7 Å². The van der Waals surface area contributed by atoms with Gasteiger partial charge >= 0.3 is 0 Å². The number of morpholine rings is 1. The standard InChI is InChI=1S/C26H33FN4O4S/c27-22-3-1-2-20-24-21(17-36(33)25(20)22)23(26(32)30-10-14-35-15-11-30)28-31(24)19-5-9-29(16-19)8-4-18-6-12-34-13-7-18/h1-3,18-19H,4-17H2. The molecule has 0 saturated carbocycles. The third-order valence-corrected chi connectivity index (χ3v) is 9.44. The third-order valence-electron chi connectivity index (χ3n) is 8.02. The van der Waals surface area contributed by atoms with Gasteiger partial charge in [0.15, 0.2) is 5.69 Å². The van der Waals surface area contributed by atoms with E-state index in [1.807, 2.05) is 10.7 Å². The summed E-state index contributed by atoms with van der Waals surface area (Å²) in [7, 11) is -1.57. The Morgan fingerprint density at radius 1 is 1.08 bits per heavy atom. The average molecular weight is 517 g/mol. The highest BCUT2D eigenvalue weighted by Gasteiger charge is 2.38. The fourth-order valence-electron chi connectivity index (χ4n) is 5.99. The number of fused-ring (bicyclic) bond motifs is 3. The van der Waals surface area contributed by atoms with Crippen molar-refractivity contribution in [3.05, 3.63) is 35.3 Å². The van der Waals surface area contributed by atoms with Crippen LogP contribution in [0.4, 0.5) is 4.39 Å². The fourth-order valence-corrected chi connectivity index (χ4v) is 7.36. The van der Waals surface area contributed by atoms with Crippen LogP contribution in [0.3, 0.4) is 0 Å². The van der Waals surface area contributed by atoms with Gasteiger partial charge in [0.1, 0.15) is 5.82 Å². The van der Waals surface area contributed by atoms with Crippen molar-refractivity contribution >= 4 is 16.7 Å². The van der Waals surface area contributed by atoms with Gasteiger partial charge in [0, 0.05) is 50.5 Å². The van der Waals surface area contributed by atoms with E-state index in [2.05, 4.69) is 4.90 Å². The van der Waals surface area contributed by atoms with Gasteiger partial charge in [-0.05, 0) is 44.2 Å². The van der Waals surface area contributed by atoms with Crippen LogP contribution in [0.2, 0.25) is 0 Å². The van der Waals surface area contributed by atoms with E-state index in [-0.39, 0.29) is 22.6 Å². The van der Waals surface area contributed by atoms with Crippen molar-refractivity contribution in [1.82, 2.24) is 19.6 Å². The van der Waals surface area contributed by atoms with Crippen LogP contribution in [0, 0.1) is 11.7 Å². The minimum Gasteiger partial charge on any atom is -0.381 e. The highest BCUT2D eigenvalue weighted by molar-refractivity contribution is 7.84. The molecule has 2 unspecified atom stereocenters. The molecule has 1 aromatic carbocycles. The number of ether oxygens (including phenoxy) is 2. The number of likely N-dealkylation sites (tertiary alicyclic amines) is 1. The minimum absolute atomic E-state index is 0.0855. The SMILES string of the molecule is O=C(c1nn(C2CCN(CCC3CCOCC3)C2)c2c1CS(=O)c1c(F)cccc1-2)N1CCOCC1. The molecule has 5 heterocycles. The van der Waals surface area contributed by atoms with Crippen LogP contribution in [0.15, 0.2) is 23.1 Å². The van der Waals surface area contributed by atoms with E-state index in [0.717, 1.165) is 63.7 Å². The van der Waals surface area contributed by atoms with E-state index in [9.17, 15) is 13.4 Å². The molecule has 0 bridgehead atoms. The van der Waals surface area contributed by atoms with Gasteiger partial charge in [-0.15, -0.1) is 0 Å². The summed E-state index contributed by atoms with van der Waals surface area (Å²) >= 11 is 0. The Kier molecular flexibility index (Phi) is 6.94. The summed E-state index contributed by atoms with van der Waals surface area (Å²) in [5.41, 5.74) is 2.40. The number of nitrogens with zero attached hydrogens (tertiary/aromatic N) is 4. The Hall–Kier alpha value is -2.14. The van der Waals surface area contributed by atoms with E-state index in [1.165, 1.54) is 12.5 Å². The molecule has 10 heteroatoms. The Balaban J connectivity index is 1.31. The van der Waals surface area contributed by atoms with Crippen LogP contribution in [0.5, 0.6) is 0 Å². The zero-order valence-electron chi connectivity index (χ0n) is 20.5. The van der Waals surface area contributed by atoms with Crippen molar-refractivity contribution in [2.45, 2.75) is 42.4 Å². The first-order chi connectivity index (χ1) is 17.6. The predicted molar refractivity (Wildman–Crippen MR) is 133 cm³/mol. The van der Waals surface area contributed by atoms with Gasteiger partial charge in [-0.2, -0.15) is 5.10 Å². The van der Waals surface area contributed by atoms with E-state index in [0.29, 0.717) is 43.1 Å². The van der Waals surface area contributed by atoms with Crippen molar-refractivity contribution in [3.8, 4) is 11.3 Å². The Morgan fingerprint density at radius 3 is 2.67 bits per heavy atom. The molecule has 6 rings (SSSR count). The van der Waals surface area contributed by atoms with E-state index >= 15 is 0 Å². The summed E-state index contributed by atoms with van der Waals surface area (Å²) in [4.78, 5) is 18.0. The maximum atomic E-state index is 14.8. The van der Waals surface area contributed by atoms with Crippen molar-refractivity contribution in [3.63, 3.8) is 0 Å². The average Bonchev–Trinajstić information content (AvgIpc) is 3.53. The zero-order chi connectivity index (χ0) is 24.6. The molecule has 0 aliphatic carbocycles. The van der Waals surface area contributed by atoms with E-state index in [4.69, 9.17) is 14.6 Å². The topological polar surface area (TPSA) is 76.9 Å². The smallest absolute Gasteiger partial charge is 0.274 e. The summed E-state index contributed by atoms with van der Waals surface area (Å²) in [6.45, 7) is 6.61. The normalized spacial score (nSPS) is 25.1. The van der Waals surface area contributed by atoms with Crippen molar-refractivity contribution in [2.24, 2.45) is 5.92 Å². The van der Waals surface area contributed by atoms with Crippen molar-refractivity contribution in [1.29, 1.82) is 0 Å². The van der Waals surface area contributed by atoms with Gasteiger partial charge in [-0.25, -0.2) is 4.39 Å². The molecule has 3 saturated heterocycles. The number of benzene rings is 1. The van der Waals surface area contributed by atoms with Crippen LogP contribution in [-0.2, 0) is 26.0 Å². The molecule has 4 aliphatic rings. The number of carbonyl (C=O) groups is 1. The van der Waals surface area contributed by atoms with E-state index in [1.54, 1.807) is 11.0 Å². The molecule has 0 radical (unpaired) electrons. The largest absolute Gasteiger partial charge is 0.381 e. The highest BCUT2D eigenvalue weighted by atomic mass is 32.2. The third kappa shape index (κ3) is 4.53. The summed E-state index contributed by atoms with van der Waals surface area (Å²) in [5, 5.41) is 4.88. The number of aromatic nitrogens is 2. The maximum Gasteiger partial charge on any atom is 0.274 e. The number of amides is 1. The number of carbonyl (C=O) groups excluding carboxylic acids is 1. The summed E-state index contributed by atoms with van der Waals surface area (Å²) < 4.78 is 40.8. The Bertz CT molecular complexity index is 1160. The lowest BCUT2D eigenvalue weighted by atomic mass is 9.96. The van der Waals surface area contributed by atoms with Crippen LogP contribution in [-0.4, -0.2) is 88.8 Å². The first kappa shape index (κ1) is 24.2. The van der Waals surface area contributed by atoms with Gasteiger partial charge in [0.25, 0.3) is 5.91 Å². The van der Waals surface area contributed by atoms with Gasteiger partial charge < -0.3 is 19.3 Å². The lowest BCUT2D eigenvalue weighted by Gasteiger charge is -2.26. The van der Waals surface area contributed by atoms with Crippen LogP contribution < -0.4 is 0 Å². The Labute approximate surface area is 213 Å². The Morgan fingerprint density at radius 2 is 1.86 bits per heavy atom. The molecule has 36 heavy (non-hydrogen) atoms. The van der Waals surface area contributed by atoms with E-state index < -0.39 is 16.6 Å². The zero-order valence-corrected chi connectivity index (χ0v) is 21.3. The van der Waals surface area contributed by atoms with Crippen molar-refractivity contribution < 1.29 is 22.9 Å². The number of hydrogen-bond donors (Lipinski definition) is 0. The predicted octanol–water partition coefficient (Wildman–Crippen LogP) is 2.85. The monoisotopic (exact) mass is 516 g/mol. The second-order valence-electron chi connectivity index (χ2n) is 10.2. The van der Waals surface area contributed by atoms with Gasteiger partial charge in [0.05, 0.1) is 46.4 Å². The molecule has 194 valence electrons. The molecular weight excluding hydrogens is 483 g/mol. The number of rotatable bonds is 5. The molecular formula is C26H33FN4O4S. The van der Waals surface area contributed by atoms with Crippen LogP contribution >= 0.6 is 0 Å². The van der Waals surface area contributed by atoms with Crippen molar-refractivity contribution in [2.75, 3.05) is 59.2 Å². The highest BCUT2D eigenvalue weighted by Crippen LogP contribution is 2.41. The van der Waals surface area contributed by atoms with Gasteiger partial charge in [-0.1, -0.05) is 12.1 Å².